The lowest BCUT2D eigenvalue weighted by atomic mass is 9.85. The molecule has 3 N–H and O–H groups in total. The van der Waals surface area contributed by atoms with Crippen molar-refractivity contribution in [3.63, 3.8) is 0 Å². The van der Waals surface area contributed by atoms with Crippen LogP contribution in [0.2, 0.25) is 0 Å². The van der Waals surface area contributed by atoms with E-state index in [1.54, 1.807) is 11.8 Å². The van der Waals surface area contributed by atoms with Gasteiger partial charge in [0.1, 0.15) is 0 Å². The molecule has 0 heterocycles. The Labute approximate surface area is 113 Å². The van der Waals surface area contributed by atoms with E-state index in [9.17, 15) is 9.59 Å². The van der Waals surface area contributed by atoms with Crippen LogP contribution >= 0.6 is 11.8 Å². The molecule has 0 saturated heterocycles. The van der Waals surface area contributed by atoms with E-state index in [4.69, 9.17) is 5.11 Å². The Balaban J connectivity index is 4.15. The summed E-state index contributed by atoms with van der Waals surface area (Å²) in [6, 6.07) is -0.673. The van der Waals surface area contributed by atoms with Crippen molar-refractivity contribution in [1.82, 2.24) is 10.6 Å². The summed E-state index contributed by atoms with van der Waals surface area (Å²) in [6.07, 6.45) is 2.86. The summed E-state index contributed by atoms with van der Waals surface area (Å²) in [4.78, 5) is 22.4. The van der Waals surface area contributed by atoms with Gasteiger partial charge in [-0.25, -0.2) is 4.79 Å². The fourth-order valence-electron chi connectivity index (χ4n) is 1.38. The molecule has 0 aromatic heterocycles. The highest BCUT2D eigenvalue weighted by atomic mass is 32.2. The normalized spacial score (nSPS) is 12.9. The van der Waals surface area contributed by atoms with Gasteiger partial charge in [-0.05, 0) is 23.8 Å². The molecule has 0 bridgehead atoms. The summed E-state index contributed by atoms with van der Waals surface area (Å²) in [5.74, 6) is 0.0931. The molecule has 0 fully saturated rings. The molecule has 0 aliphatic rings. The highest BCUT2D eigenvalue weighted by Crippen LogP contribution is 2.21. The molecular weight excluding hydrogens is 252 g/mol. The Morgan fingerprint density at radius 2 is 1.94 bits per heavy atom. The van der Waals surface area contributed by atoms with Gasteiger partial charge in [-0.1, -0.05) is 20.8 Å². The van der Waals surface area contributed by atoms with Gasteiger partial charge < -0.3 is 15.7 Å². The first-order valence-electron chi connectivity index (χ1n) is 6.02. The molecule has 6 heteroatoms. The lowest BCUT2D eigenvalue weighted by molar-refractivity contribution is -0.138. The molecule has 1 atom stereocenters. The molecule has 0 rings (SSSR count). The average molecular weight is 276 g/mol. The van der Waals surface area contributed by atoms with Crippen LogP contribution in [0.1, 0.15) is 33.6 Å². The van der Waals surface area contributed by atoms with Crippen molar-refractivity contribution >= 4 is 23.8 Å². The van der Waals surface area contributed by atoms with Gasteiger partial charge in [0.05, 0.1) is 6.42 Å². The van der Waals surface area contributed by atoms with E-state index in [1.807, 2.05) is 27.0 Å². The van der Waals surface area contributed by atoms with Crippen LogP contribution in [0.3, 0.4) is 0 Å². The molecule has 0 radical (unpaired) electrons. The zero-order chi connectivity index (χ0) is 14.2. The number of nitrogens with one attached hydrogen (secondary N) is 2. The number of thioether (sulfide) groups is 1. The fourth-order valence-corrected chi connectivity index (χ4v) is 1.81. The van der Waals surface area contributed by atoms with Crippen LogP contribution in [0.15, 0.2) is 0 Å². The summed E-state index contributed by atoms with van der Waals surface area (Å²) in [6.45, 7) is 6.34. The summed E-state index contributed by atoms with van der Waals surface area (Å²) in [7, 11) is 0. The number of rotatable bonds is 7. The predicted octanol–water partition coefficient (Wildman–Crippen LogP) is 1.93. The maximum Gasteiger partial charge on any atom is 0.315 e. The summed E-state index contributed by atoms with van der Waals surface area (Å²) >= 11 is 1.73. The van der Waals surface area contributed by atoms with Crippen molar-refractivity contribution in [1.29, 1.82) is 0 Å². The van der Waals surface area contributed by atoms with Crippen LogP contribution < -0.4 is 10.6 Å². The van der Waals surface area contributed by atoms with Crippen molar-refractivity contribution in [2.75, 3.05) is 18.6 Å². The van der Waals surface area contributed by atoms with Gasteiger partial charge in [0, 0.05) is 12.6 Å². The van der Waals surface area contributed by atoms with Gasteiger partial charge in [-0.2, -0.15) is 11.8 Å². The van der Waals surface area contributed by atoms with E-state index in [0.717, 1.165) is 12.2 Å². The predicted molar refractivity (Wildman–Crippen MR) is 75.0 cm³/mol. The monoisotopic (exact) mass is 276 g/mol. The maximum absolute atomic E-state index is 11.6. The Kier molecular flexibility index (Phi) is 7.82. The van der Waals surface area contributed by atoms with Gasteiger partial charge in [0.2, 0.25) is 0 Å². The van der Waals surface area contributed by atoms with Crippen LogP contribution in [0.4, 0.5) is 4.79 Å². The van der Waals surface area contributed by atoms with E-state index in [0.29, 0.717) is 6.54 Å². The van der Waals surface area contributed by atoms with Crippen LogP contribution in [0.25, 0.3) is 0 Å². The zero-order valence-corrected chi connectivity index (χ0v) is 12.4. The van der Waals surface area contributed by atoms with Gasteiger partial charge in [-0.3, -0.25) is 4.79 Å². The number of aliphatic carboxylic acids is 1. The van der Waals surface area contributed by atoms with Crippen molar-refractivity contribution in [2.45, 2.75) is 39.7 Å². The molecule has 18 heavy (non-hydrogen) atoms. The third kappa shape index (κ3) is 8.22. The quantitative estimate of drug-likeness (QED) is 0.621. The Hall–Kier alpha value is -0.910. The molecule has 0 aromatic rings. The second kappa shape index (κ2) is 8.24. The average Bonchev–Trinajstić information content (AvgIpc) is 2.21. The summed E-state index contributed by atoms with van der Waals surface area (Å²) in [5, 5.41) is 14.3. The smallest absolute Gasteiger partial charge is 0.315 e. The van der Waals surface area contributed by atoms with E-state index in [-0.39, 0.29) is 23.9 Å². The SMILES string of the molecule is CSCCCNC(=O)NC(CC(=O)O)C(C)(C)C. The second-order valence-corrected chi connectivity index (χ2v) is 6.25. The topological polar surface area (TPSA) is 78.4 Å². The highest BCUT2D eigenvalue weighted by Gasteiger charge is 2.28. The van der Waals surface area contributed by atoms with Crippen LogP contribution in [-0.4, -0.2) is 41.7 Å². The first-order valence-corrected chi connectivity index (χ1v) is 7.42. The number of carbonyl (C=O) groups excluding carboxylic acids is 1. The van der Waals surface area contributed by atoms with Crippen LogP contribution in [-0.2, 0) is 4.79 Å². The number of carboxylic acids is 1. The first kappa shape index (κ1) is 17.1. The lowest BCUT2D eigenvalue weighted by Crippen LogP contribution is -2.49. The molecule has 0 aliphatic heterocycles. The van der Waals surface area contributed by atoms with Gasteiger partial charge in [-0.15, -0.1) is 0 Å². The van der Waals surface area contributed by atoms with E-state index < -0.39 is 5.97 Å². The molecule has 1 unspecified atom stereocenters. The van der Waals surface area contributed by atoms with E-state index >= 15 is 0 Å². The van der Waals surface area contributed by atoms with Crippen molar-refractivity contribution in [3.05, 3.63) is 0 Å². The largest absolute Gasteiger partial charge is 0.481 e. The molecular formula is C12H24N2O3S. The fraction of sp³-hybridized carbons (Fsp3) is 0.833. The maximum atomic E-state index is 11.6. The third-order valence-electron chi connectivity index (χ3n) is 2.54. The van der Waals surface area contributed by atoms with Gasteiger partial charge in [0.25, 0.3) is 0 Å². The van der Waals surface area contributed by atoms with Crippen LogP contribution in [0.5, 0.6) is 0 Å². The Bertz CT molecular complexity index is 277. The number of hydrogen-bond acceptors (Lipinski definition) is 3. The minimum atomic E-state index is -0.905. The molecule has 106 valence electrons. The number of carbonyl (C=O) groups is 2. The minimum Gasteiger partial charge on any atom is -0.481 e. The molecule has 5 nitrogen and oxygen atoms in total. The molecule has 0 aliphatic carbocycles. The molecule has 2 amide bonds. The van der Waals surface area contributed by atoms with Crippen molar-refractivity contribution in [2.24, 2.45) is 5.41 Å². The standard InChI is InChI=1S/C12H24N2O3S/c1-12(2,3)9(8-10(15)16)14-11(17)13-6-5-7-18-4/h9H,5-8H2,1-4H3,(H,15,16)(H2,13,14,17). The Morgan fingerprint density at radius 3 is 2.39 bits per heavy atom. The zero-order valence-electron chi connectivity index (χ0n) is 11.6. The van der Waals surface area contributed by atoms with Gasteiger partial charge in [0.15, 0.2) is 0 Å². The highest BCUT2D eigenvalue weighted by molar-refractivity contribution is 7.98. The number of urea groups is 1. The lowest BCUT2D eigenvalue weighted by Gasteiger charge is -2.30. The molecule has 0 saturated carbocycles. The molecule has 0 spiro atoms. The summed E-state index contributed by atoms with van der Waals surface area (Å²) in [5.41, 5.74) is -0.283. The second-order valence-electron chi connectivity index (χ2n) is 5.26. The number of hydrogen-bond donors (Lipinski definition) is 3. The number of carboxylic acid groups (broad SMARTS) is 1. The van der Waals surface area contributed by atoms with Gasteiger partial charge >= 0.3 is 12.0 Å². The minimum absolute atomic E-state index is 0.0677. The Morgan fingerprint density at radius 1 is 1.33 bits per heavy atom. The van der Waals surface area contributed by atoms with E-state index in [2.05, 4.69) is 10.6 Å². The molecule has 0 aromatic carbocycles. The van der Waals surface area contributed by atoms with E-state index in [1.165, 1.54) is 0 Å². The third-order valence-corrected chi connectivity index (χ3v) is 3.24. The summed E-state index contributed by atoms with van der Waals surface area (Å²) < 4.78 is 0. The first-order chi connectivity index (χ1) is 8.27. The van der Waals surface area contributed by atoms with Crippen molar-refractivity contribution in [3.8, 4) is 0 Å². The van der Waals surface area contributed by atoms with Crippen molar-refractivity contribution < 1.29 is 14.7 Å². The number of amides is 2. The van der Waals surface area contributed by atoms with Crippen LogP contribution in [0, 0.1) is 5.41 Å².